The van der Waals surface area contributed by atoms with E-state index in [9.17, 15) is 9.59 Å². The van der Waals surface area contributed by atoms with Gasteiger partial charge < -0.3 is 14.8 Å². The molecule has 1 amide bonds. The molecule has 1 heterocycles. The van der Waals surface area contributed by atoms with Gasteiger partial charge in [-0.25, -0.2) is 19.6 Å². The van der Waals surface area contributed by atoms with Crippen LogP contribution in [0.1, 0.15) is 85.9 Å². The number of nitrogens with zero attached hydrogens (tertiary/aromatic N) is 2. The molecular formula is C36H39N3O4. The molecule has 1 N–H and O–H groups in total. The maximum Gasteiger partial charge on any atom is 0.407 e. The lowest BCUT2D eigenvalue weighted by molar-refractivity contribution is 0.00659. The molecule has 0 radical (unpaired) electrons. The first kappa shape index (κ1) is 30.0. The van der Waals surface area contributed by atoms with Gasteiger partial charge in [-0.15, -0.1) is 0 Å². The van der Waals surface area contributed by atoms with E-state index in [0.717, 1.165) is 27.8 Å². The highest BCUT2D eigenvalue weighted by Gasteiger charge is 2.30. The Morgan fingerprint density at radius 3 is 1.95 bits per heavy atom. The summed E-state index contributed by atoms with van der Waals surface area (Å²) in [7, 11) is 0. The number of hydrogen-bond acceptors (Lipinski definition) is 6. The molecule has 0 spiro atoms. The first-order valence-electron chi connectivity index (χ1n) is 14.6. The van der Waals surface area contributed by atoms with Crippen LogP contribution in [-0.2, 0) is 21.4 Å². The number of aryl methyl sites for hydroxylation is 1. The Hall–Kier alpha value is -4.52. The highest BCUT2D eigenvalue weighted by atomic mass is 16.6. The van der Waals surface area contributed by atoms with Crippen LogP contribution in [0.4, 0.5) is 4.79 Å². The van der Waals surface area contributed by atoms with Crippen molar-refractivity contribution in [1.29, 1.82) is 0 Å². The lowest BCUT2D eigenvalue weighted by atomic mass is 9.86. The second-order valence-electron chi connectivity index (χ2n) is 13.0. The molecule has 7 heteroatoms. The molecule has 222 valence electrons. The average molecular weight is 578 g/mol. The highest BCUT2D eigenvalue weighted by Crippen LogP contribution is 2.44. The lowest BCUT2D eigenvalue weighted by Crippen LogP contribution is -2.29. The van der Waals surface area contributed by atoms with E-state index < -0.39 is 17.7 Å². The first-order chi connectivity index (χ1) is 20.3. The molecule has 0 aliphatic heterocycles. The summed E-state index contributed by atoms with van der Waals surface area (Å²) >= 11 is 0. The molecule has 0 saturated heterocycles. The van der Waals surface area contributed by atoms with Gasteiger partial charge in [-0.05, 0) is 60.9 Å². The van der Waals surface area contributed by atoms with Gasteiger partial charge in [0.1, 0.15) is 17.8 Å². The van der Waals surface area contributed by atoms with Gasteiger partial charge in [-0.1, -0.05) is 93.6 Å². The number of ether oxygens (including phenoxy) is 2. The third-order valence-electron chi connectivity index (χ3n) is 7.52. The zero-order chi connectivity index (χ0) is 30.9. The molecule has 1 aliphatic rings. The molecule has 1 aliphatic carbocycles. The Bertz CT molecular complexity index is 1620. The fourth-order valence-electron chi connectivity index (χ4n) is 5.41. The quantitative estimate of drug-likeness (QED) is 0.236. The maximum atomic E-state index is 13.2. The van der Waals surface area contributed by atoms with E-state index in [1.807, 2.05) is 36.4 Å². The van der Waals surface area contributed by atoms with Gasteiger partial charge in [-0.3, -0.25) is 0 Å². The summed E-state index contributed by atoms with van der Waals surface area (Å²) in [5.74, 6) is -0.127. The minimum atomic E-state index is -0.706. The van der Waals surface area contributed by atoms with Gasteiger partial charge in [-0.2, -0.15) is 0 Å². The normalized spacial score (nSPS) is 12.8. The van der Waals surface area contributed by atoms with Gasteiger partial charge in [0.2, 0.25) is 0 Å². The maximum absolute atomic E-state index is 13.2. The van der Waals surface area contributed by atoms with Gasteiger partial charge in [0.15, 0.2) is 5.82 Å². The first-order valence-corrected chi connectivity index (χ1v) is 14.6. The van der Waals surface area contributed by atoms with Crippen LogP contribution < -0.4 is 5.32 Å². The Morgan fingerprint density at radius 1 is 0.814 bits per heavy atom. The van der Waals surface area contributed by atoms with Crippen LogP contribution in [0.25, 0.3) is 22.5 Å². The minimum absolute atomic E-state index is 0.00791. The highest BCUT2D eigenvalue weighted by molar-refractivity contribution is 5.92. The van der Waals surface area contributed by atoms with Crippen LogP contribution >= 0.6 is 0 Å². The predicted octanol–water partition coefficient (Wildman–Crippen LogP) is 7.74. The van der Waals surface area contributed by atoms with E-state index in [-0.39, 0.29) is 30.0 Å². The Labute approximate surface area is 253 Å². The Morgan fingerprint density at radius 2 is 1.40 bits per heavy atom. The number of rotatable bonds is 6. The molecule has 4 aromatic rings. The number of esters is 1. The van der Waals surface area contributed by atoms with E-state index in [4.69, 9.17) is 14.5 Å². The lowest BCUT2D eigenvalue weighted by Gasteiger charge is -2.22. The number of carbonyl (C=O) groups is 2. The number of benzene rings is 3. The van der Waals surface area contributed by atoms with Crippen molar-refractivity contribution in [2.75, 3.05) is 6.61 Å². The van der Waals surface area contributed by atoms with Crippen LogP contribution in [0, 0.1) is 6.92 Å². The molecular weight excluding hydrogens is 538 g/mol. The number of alkyl carbamates (subject to hydrolysis) is 1. The zero-order valence-electron chi connectivity index (χ0n) is 25.9. The molecule has 3 aromatic carbocycles. The van der Waals surface area contributed by atoms with Crippen LogP contribution in [0.5, 0.6) is 0 Å². The molecule has 0 atom stereocenters. The van der Waals surface area contributed by atoms with Crippen molar-refractivity contribution in [3.8, 4) is 22.5 Å². The number of carbonyl (C=O) groups excluding carboxylic acids is 2. The summed E-state index contributed by atoms with van der Waals surface area (Å²) in [6.45, 7) is 13.8. The van der Waals surface area contributed by atoms with Crippen LogP contribution in [0.2, 0.25) is 0 Å². The smallest absolute Gasteiger partial charge is 0.407 e. The number of nitrogens with one attached hydrogen (secondary N) is 1. The fourth-order valence-corrected chi connectivity index (χ4v) is 5.41. The van der Waals surface area contributed by atoms with Crippen LogP contribution in [-0.4, -0.2) is 34.2 Å². The topological polar surface area (TPSA) is 90.4 Å². The standard InChI is InChI=1S/C36H39N3O4/c1-22-31(33(40)43-36(5,6)7)30(39-32(38-22)23-16-18-24(19-17-23)35(2,3)4)20-37-34(41)42-21-29-27-14-10-8-12-25(27)26-13-9-11-15-28(26)29/h8-19,29H,20-21H2,1-7H3,(H,37,41). The van der Waals surface area contributed by atoms with Crippen molar-refractivity contribution in [3.63, 3.8) is 0 Å². The fraction of sp³-hybridized carbons (Fsp3) is 0.333. The summed E-state index contributed by atoms with van der Waals surface area (Å²) in [5.41, 5.74) is 6.98. The van der Waals surface area contributed by atoms with E-state index in [0.29, 0.717) is 17.2 Å². The van der Waals surface area contributed by atoms with Crippen LogP contribution in [0.15, 0.2) is 72.8 Å². The predicted molar refractivity (Wildman–Crippen MR) is 168 cm³/mol. The SMILES string of the molecule is Cc1nc(-c2ccc(C(C)(C)C)cc2)nc(CNC(=O)OCC2c3ccccc3-c3ccccc32)c1C(=O)OC(C)(C)C. The molecule has 0 saturated carbocycles. The summed E-state index contributed by atoms with van der Waals surface area (Å²) in [6.07, 6.45) is -0.593. The van der Waals surface area contributed by atoms with Crippen molar-refractivity contribution < 1.29 is 19.1 Å². The molecule has 1 aromatic heterocycles. The molecule has 43 heavy (non-hydrogen) atoms. The van der Waals surface area contributed by atoms with Crippen molar-refractivity contribution in [2.24, 2.45) is 0 Å². The average Bonchev–Trinajstić information content (AvgIpc) is 3.27. The van der Waals surface area contributed by atoms with Gasteiger partial charge in [0, 0.05) is 11.5 Å². The third-order valence-corrected chi connectivity index (χ3v) is 7.52. The van der Waals surface area contributed by atoms with E-state index in [2.05, 4.69) is 67.5 Å². The molecule has 0 unspecified atom stereocenters. The number of amides is 1. The summed E-state index contributed by atoms with van der Waals surface area (Å²) in [4.78, 5) is 35.6. The monoisotopic (exact) mass is 577 g/mol. The van der Waals surface area contributed by atoms with E-state index in [1.165, 1.54) is 5.56 Å². The second-order valence-corrected chi connectivity index (χ2v) is 13.0. The van der Waals surface area contributed by atoms with Crippen molar-refractivity contribution in [3.05, 3.63) is 106 Å². The Balaban J connectivity index is 1.37. The van der Waals surface area contributed by atoms with Crippen molar-refractivity contribution >= 4 is 12.1 Å². The van der Waals surface area contributed by atoms with E-state index >= 15 is 0 Å². The van der Waals surface area contributed by atoms with Crippen LogP contribution in [0.3, 0.4) is 0 Å². The molecule has 5 rings (SSSR count). The van der Waals surface area contributed by atoms with Gasteiger partial charge in [0.05, 0.1) is 17.9 Å². The zero-order valence-corrected chi connectivity index (χ0v) is 25.9. The Kier molecular flexibility index (Phi) is 8.10. The van der Waals surface area contributed by atoms with Gasteiger partial charge >= 0.3 is 12.1 Å². The van der Waals surface area contributed by atoms with Crippen molar-refractivity contribution in [1.82, 2.24) is 15.3 Å². The molecule has 0 bridgehead atoms. The second kappa shape index (κ2) is 11.6. The summed E-state index contributed by atoms with van der Waals surface area (Å²) in [5, 5.41) is 2.80. The summed E-state index contributed by atoms with van der Waals surface area (Å²) in [6, 6.07) is 24.5. The largest absolute Gasteiger partial charge is 0.456 e. The molecule has 7 nitrogen and oxygen atoms in total. The number of aromatic nitrogens is 2. The molecule has 0 fully saturated rings. The van der Waals surface area contributed by atoms with Crippen molar-refractivity contribution in [2.45, 2.75) is 71.9 Å². The van der Waals surface area contributed by atoms with E-state index in [1.54, 1.807) is 27.7 Å². The minimum Gasteiger partial charge on any atom is -0.456 e. The number of hydrogen-bond donors (Lipinski definition) is 1. The number of fused-ring (bicyclic) bond motifs is 3. The summed E-state index contributed by atoms with van der Waals surface area (Å²) < 4.78 is 11.4. The van der Waals surface area contributed by atoms with Gasteiger partial charge in [0.25, 0.3) is 0 Å². The third kappa shape index (κ3) is 6.61.